The molecule has 1 fully saturated rings. The number of nitrogens with zero attached hydrogens (tertiary/aromatic N) is 1. The Balaban J connectivity index is 2.46. The van der Waals surface area contributed by atoms with Gasteiger partial charge in [-0.1, -0.05) is 6.07 Å². The van der Waals surface area contributed by atoms with Crippen LogP contribution in [0.5, 0.6) is 5.75 Å². The third-order valence-corrected chi connectivity index (χ3v) is 3.09. The maximum Gasteiger partial charge on any atom is 0.314 e. The number of carboxylic acids is 1. The molecule has 6 heteroatoms. The summed E-state index contributed by atoms with van der Waals surface area (Å²) in [6.07, 6.45) is 1.12. The summed E-state index contributed by atoms with van der Waals surface area (Å²) in [6, 6.07) is 4.22. The van der Waals surface area contributed by atoms with Crippen LogP contribution in [0.2, 0.25) is 0 Å². The summed E-state index contributed by atoms with van der Waals surface area (Å²) >= 11 is 0. The zero-order chi connectivity index (χ0) is 12.6. The van der Waals surface area contributed by atoms with E-state index in [1.807, 2.05) is 0 Å². The lowest BCUT2D eigenvalue weighted by molar-refractivity contribution is -0.385. The van der Waals surface area contributed by atoms with E-state index in [2.05, 4.69) is 0 Å². The van der Waals surface area contributed by atoms with Gasteiger partial charge in [0.1, 0.15) is 0 Å². The lowest BCUT2D eigenvalue weighted by Crippen LogP contribution is -2.19. The van der Waals surface area contributed by atoms with Crippen molar-refractivity contribution in [3.63, 3.8) is 0 Å². The van der Waals surface area contributed by atoms with Gasteiger partial charge in [0.05, 0.1) is 17.4 Å². The zero-order valence-corrected chi connectivity index (χ0v) is 9.17. The second-order valence-corrected chi connectivity index (χ2v) is 4.03. The van der Waals surface area contributed by atoms with Crippen LogP contribution in [-0.2, 0) is 10.2 Å². The average Bonchev–Trinajstić information content (AvgIpc) is 3.09. The summed E-state index contributed by atoms with van der Waals surface area (Å²) in [5.41, 5.74) is -0.465. The Hall–Kier alpha value is -2.11. The molecule has 0 amide bonds. The number of carboxylic acid groups (broad SMARTS) is 1. The largest absolute Gasteiger partial charge is 0.490 e. The van der Waals surface area contributed by atoms with E-state index in [9.17, 15) is 14.9 Å². The Labute approximate surface area is 97.0 Å². The fraction of sp³-hybridized carbons (Fsp3) is 0.364. The molecular formula is C11H11NO5. The second kappa shape index (κ2) is 3.73. The molecule has 1 aliphatic carbocycles. The molecule has 0 saturated heterocycles. The molecule has 0 unspecified atom stereocenters. The van der Waals surface area contributed by atoms with Crippen LogP contribution in [0.3, 0.4) is 0 Å². The van der Waals surface area contributed by atoms with Gasteiger partial charge in [0, 0.05) is 6.07 Å². The predicted octanol–water partition coefficient (Wildman–Crippen LogP) is 1.72. The molecule has 0 aliphatic heterocycles. The van der Waals surface area contributed by atoms with Crippen LogP contribution in [0.15, 0.2) is 18.2 Å². The number of hydrogen-bond donors (Lipinski definition) is 1. The van der Waals surface area contributed by atoms with Gasteiger partial charge < -0.3 is 9.84 Å². The van der Waals surface area contributed by atoms with Crippen LogP contribution in [-0.4, -0.2) is 23.1 Å². The van der Waals surface area contributed by atoms with Gasteiger partial charge in [0.2, 0.25) is 0 Å². The number of aliphatic carboxylic acids is 1. The van der Waals surface area contributed by atoms with Gasteiger partial charge in [-0.15, -0.1) is 0 Å². The second-order valence-electron chi connectivity index (χ2n) is 4.03. The molecule has 0 heterocycles. The molecule has 0 aromatic heterocycles. The topological polar surface area (TPSA) is 89.7 Å². The van der Waals surface area contributed by atoms with E-state index in [0.29, 0.717) is 18.4 Å². The molecule has 1 aromatic carbocycles. The SMILES string of the molecule is COc1cc(C2(C(=O)O)CC2)ccc1[N+](=O)[O-]. The predicted molar refractivity (Wildman–Crippen MR) is 58.2 cm³/mol. The van der Waals surface area contributed by atoms with Crippen molar-refractivity contribution in [3.8, 4) is 5.75 Å². The highest BCUT2D eigenvalue weighted by atomic mass is 16.6. The summed E-state index contributed by atoms with van der Waals surface area (Å²) < 4.78 is 4.92. The molecular weight excluding hydrogens is 226 g/mol. The van der Waals surface area contributed by atoms with Crippen molar-refractivity contribution in [2.75, 3.05) is 7.11 Å². The third-order valence-electron chi connectivity index (χ3n) is 3.09. The van der Waals surface area contributed by atoms with Crippen molar-refractivity contribution < 1.29 is 19.6 Å². The molecule has 0 spiro atoms. The monoisotopic (exact) mass is 237 g/mol. The number of rotatable bonds is 4. The molecule has 1 aromatic rings. The molecule has 17 heavy (non-hydrogen) atoms. The van der Waals surface area contributed by atoms with Gasteiger partial charge in [0.25, 0.3) is 0 Å². The van der Waals surface area contributed by atoms with E-state index in [-0.39, 0.29) is 11.4 Å². The lowest BCUT2D eigenvalue weighted by Gasteiger charge is -2.11. The summed E-state index contributed by atoms with van der Waals surface area (Å²) in [5.74, 6) is -0.798. The molecule has 2 rings (SSSR count). The molecule has 6 nitrogen and oxygen atoms in total. The standard InChI is InChI=1S/C11H11NO5/c1-17-9-6-7(2-3-8(9)12(15)16)11(4-5-11)10(13)14/h2-3,6H,4-5H2,1H3,(H,13,14). The molecule has 1 aliphatic rings. The van der Waals surface area contributed by atoms with E-state index in [1.165, 1.54) is 25.3 Å². The molecule has 1 saturated carbocycles. The first-order chi connectivity index (χ1) is 8.01. The summed E-state index contributed by atoms with van der Waals surface area (Å²) in [6.45, 7) is 0. The van der Waals surface area contributed by atoms with Crippen LogP contribution < -0.4 is 4.74 Å². The van der Waals surface area contributed by atoms with Crippen LogP contribution >= 0.6 is 0 Å². The molecule has 0 radical (unpaired) electrons. The van der Waals surface area contributed by atoms with Crippen LogP contribution in [0.1, 0.15) is 18.4 Å². The van der Waals surface area contributed by atoms with Gasteiger partial charge in [-0.05, 0) is 24.5 Å². The zero-order valence-electron chi connectivity index (χ0n) is 9.17. The fourth-order valence-electron chi connectivity index (χ4n) is 1.88. The third kappa shape index (κ3) is 1.71. The molecule has 0 atom stereocenters. The highest BCUT2D eigenvalue weighted by molar-refractivity contribution is 5.85. The smallest absolute Gasteiger partial charge is 0.314 e. The quantitative estimate of drug-likeness (QED) is 0.636. The fourth-order valence-corrected chi connectivity index (χ4v) is 1.88. The first kappa shape index (κ1) is 11.4. The number of hydrogen-bond acceptors (Lipinski definition) is 4. The van der Waals surface area contributed by atoms with Gasteiger partial charge in [-0.2, -0.15) is 0 Å². The maximum atomic E-state index is 11.1. The minimum atomic E-state index is -0.895. The number of ether oxygens (including phenoxy) is 1. The highest BCUT2D eigenvalue weighted by Gasteiger charge is 2.52. The molecule has 0 bridgehead atoms. The number of benzene rings is 1. The lowest BCUT2D eigenvalue weighted by atomic mass is 9.95. The summed E-state index contributed by atoms with van der Waals surface area (Å²) in [7, 11) is 1.33. The summed E-state index contributed by atoms with van der Waals surface area (Å²) in [5, 5.41) is 19.8. The van der Waals surface area contributed by atoms with E-state index in [1.54, 1.807) is 0 Å². The minimum Gasteiger partial charge on any atom is -0.490 e. The Bertz CT molecular complexity index is 493. The molecule has 1 N–H and O–H groups in total. The average molecular weight is 237 g/mol. The first-order valence-electron chi connectivity index (χ1n) is 5.07. The van der Waals surface area contributed by atoms with Crippen molar-refractivity contribution in [1.82, 2.24) is 0 Å². The van der Waals surface area contributed by atoms with E-state index >= 15 is 0 Å². The Morgan fingerprint density at radius 3 is 2.59 bits per heavy atom. The number of nitro benzene ring substituents is 1. The van der Waals surface area contributed by atoms with Crippen LogP contribution in [0, 0.1) is 10.1 Å². The van der Waals surface area contributed by atoms with Gasteiger partial charge in [-0.25, -0.2) is 0 Å². The van der Waals surface area contributed by atoms with Gasteiger partial charge in [-0.3, -0.25) is 14.9 Å². The van der Waals surface area contributed by atoms with Crippen molar-refractivity contribution >= 4 is 11.7 Å². The van der Waals surface area contributed by atoms with E-state index < -0.39 is 16.3 Å². The van der Waals surface area contributed by atoms with Crippen molar-refractivity contribution in [1.29, 1.82) is 0 Å². The van der Waals surface area contributed by atoms with Crippen molar-refractivity contribution in [3.05, 3.63) is 33.9 Å². The first-order valence-corrected chi connectivity index (χ1v) is 5.07. The Morgan fingerprint density at radius 2 is 2.18 bits per heavy atom. The van der Waals surface area contributed by atoms with Crippen molar-refractivity contribution in [2.45, 2.75) is 18.3 Å². The number of carbonyl (C=O) groups is 1. The highest BCUT2D eigenvalue weighted by Crippen LogP contribution is 2.49. The minimum absolute atomic E-state index is 0.0972. The Kier molecular flexibility index (Phi) is 2.49. The van der Waals surface area contributed by atoms with Crippen LogP contribution in [0.25, 0.3) is 0 Å². The van der Waals surface area contributed by atoms with Crippen LogP contribution in [0.4, 0.5) is 5.69 Å². The van der Waals surface area contributed by atoms with Gasteiger partial charge in [0.15, 0.2) is 5.75 Å². The van der Waals surface area contributed by atoms with Crippen molar-refractivity contribution in [2.24, 2.45) is 0 Å². The number of methoxy groups -OCH3 is 1. The maximum absolute atomic E-state index is 11.1. The summed E-state index contributed by atoms with van der Waals surface area (Å²) in [4.78, 5) is 21.3. The van der Waals surface area contributed by atoms with E-state index in [0.717, 1.165) is 0 Å². The van der Waals surface area contributed by atoms with E-state index in [4.69, 9.17) is 9.84 Å². The van der Waals surface area contributed by atoms with Gasteiger partial charge >= 0.3 is 11.7 Å². The Morgan fingerprint density at radius 1 is 1.53 bits per heavy atom. The number of nitro groups is 1. The normalized spacial score (nSPS) is 16.3. The molecule has 90 valence electrons.